The van der Waals surface area contributed by atoms with Gasteiger partial charge in [0.05, 0.1) is 40.5 Å². The number of aromatic nitrogens is 3. The highest BCUT2D eigenvalue weighted by molar-refractivity contribution is 5.94. The molecule has 2 aliphatic rings. The Morgan fingerprint density at radius 3 is 2.39 bits per heavy atom. The molecule has 49 heavy (non-hydrogen) atoms. The van der Waals surface area contributed by atoms with Gasteiger partial charge in [0.15, 0.2) is 5.82 Å². The lowest BCUT2D eigenvalue weighted by atomic mass is 9.71. The van der Waals surface area contributed by atoms with E-state index in [1.807, 2.05) is 89.2 Å². The van der Waals surface area contributed by atoms with Crippen molar-refractivity contribution in [3.8, 4) is 39.6 Å². The lowest BCUT2D eigenvalue weighted by Gasteiger charge is -2.43. The molecule has 0 saturated heterocycles. The monoisotopic (exact) mass is 657 g/mol. The summed E-state index contributed by atoms with van der Waals surface area (Å²) >= 11 is 0. The van der Waals surface area contributed by atoms with Gasteiger partial charge in [-0.15, -0.1) is 0 Å². The number of para-hydroxylation sites is 1. The molecule has 2 N–H and O–H groups in total. The third-order valence-electron chi connectivity index (χ3n) is 8.63. The minimum Gasteiger partial charge on any atom is -0.462 e. The van der Waals surface area contributed by atoms with Crippen LogP contribution in [0.3, 0.4) is 0 Å². The van der Waals surface area contributed by atoms with Crippen LogP contribution in [-0.2, 0) is 15.0 Å². The second-order valence-electron chi connectivity index (χ2n) is 13.0. The van der Waals surface area contributed by atoms with Crippen molar-refractivity contribution in [2.75, 3.05) is 11.9 Å². The molecule has 252 valence electrons. The lowest BCUT2D eigenvalue weighted by molar-refractivity contribution is 0.0376. The van der Waals surface area contributed by atoms with Crippen molar-refractivity contribution in [2.24, 2.45) is 0 Å². The molecule has 1 amide bonds. The van der Waals surface area contributed by atoms with E-state index < -0.39 is 17.2 Å². The average Bonchev–Trinajstić information content (AvgIpc) is 3.41. The van der Waals surface area contributed by atoms with E-state index in [1.54, 1.807) is 19.2 Å². The van der Waals surface area contributed by atoms with E-state index in [9.17, 15) is 9.59 Å². The first-order chi connectivity index (χ1) is 23.7. The van der Waals surface area contributed by atoms with Crippen molar-refractivity contribution in [2.45, 2.75) is 71.9 Å². The SMILES string of the molecule is CC.CCOC(=O)c1cccc(-c2nc3n(c2-c2ccc(C4(NC(=O)OC(C)(C)C)CCC4)cc2)-c2cccnc2Nc2ccccc2-3)c1. The second-order valence-corrected chi connectivity index (χ2v) is 13.0. The van der Waals surface area contributed by atoms with Gasteiger partial charge in [0, 0.05) is 22.9 Å². The molecule has 5 aromatic rings. The minimum atomic E-state index is -0.585. The van der Waals surface area contributed by atoms with Crippen LogP contribution in [-0.4, -0.2) is 38.8 Å². The number of imidazole rings is 1. The predicted octanol–water partition coefficient (Wildman–Crippen LogP) is 9.43. The van der Waals surface area contributed by atoms with Gasteiger partial charge < -0.3 is 20.1 Å². The highest BCUT2D eigenvalue weighted by Gasteiger charge is 2.41. The van der Waals surface area contributed by atoms with Crippen LogP contribution in [0.4, 0.5) is 16.3 Å². The molecule has 0 bridgehead atoms. The maximum atomic E-state index is 12.8. The van der Waals surface area contributed by atoms with Crippen LogP contribution in [0.5, 0.6) is 0 Å². The number of hydrogen-bond acceptors (Lipinski definition) is 7. The van der Waals surface area contributed by atoms with Crippen molar-refractivity contribution in [3.63, 3.8) is 0 Å². The standard InChI is InChI=1S/C38H37N5O4.C2H6/c1-5-46-35(44)26-12-8-11-25(23-26)31-32(24-16-18-27(19-17-24)38(20-10-21-38)42-36(45)47-37(2,3)4)43-30-15-9-22-39-33(30)40-29-14-7-6-13-28(29)34(43)41-31;1-2/h6-9,11-19,22-23H,5,10,20-21H2,1-4H3,(H,39,40)(H,42,45);1-2H3. The molecule has 3 heterocycles. The number of hydrogen-bond donors (Lipinski definition) is 2. The smallest absolute Gasteiger partial charge is 0.408 e. The first-order valence-corrected chi connectivity index (χ1v) is 17.0. The van der Waals surface area contributed by atoms with Crippen LogP contribution in [0.1, 0.15) is 76.7 Å². The number of fused-ring (bicyclic) bond motifs is 5. The van der Waals surface area contributed by atoms with Gasteiger partial charge in [0.2, 0.25) is 0 Å². The van der Waals surface area contributed by atoms with E-state index >= 15 is 0 Å². The molecule has 9 nitrogen and oxygen atoms in total. The predicted molar refractivity (Wildman–Crippen MR) is 193 cm³/mol. The molecule has 0 spiro atoms. The van der Waals surface area contributed by atoms with Gasteiger partial charge in [0.25, 0.3) is 0 Å². The summed E-state index contributed by atoms with van der Waals surface area (Å²) < 4.78 is 13.1. The van der Waals surface area contributed by atoms with Crippen molar-refractivity contribution < 1.29 is 19.1 Å². The van der Waals surface area contributed by atoms with Crippen molar-refractivity contribution in [1.82, 2.24) is 19.9 Å². The van der Waals surface area contributed by atoms with Gasteiger partial charge in [-0.05, 0) is 88.9 Å². The Morgan fingerprint density at radius 1 is 0.939 bits per heavy atom. The number of nitrogens with zero attached hydrogens (tertiary/aromatic N) is 3. The van der Waals surface area contributed by atoms with Crippen LogP contribution in [0, 0.1) is 0 Å². The van der Waals surface area contributed by atoms with Gasteiger partial charge in [-0.1, -0.05) is 62.4 Å². The Balaban J connectivity index is 0.00000205. The number of anilines is 2. The molecular weight excluding hydrogens is 614 g/mol. The molecule has 2 aromatic heterocycles. The second kappa shape index (κ2) is 13.6. The van der Waals surface area contributed by atoms with Gasteiger partial charge >= 0.3 is 12.1 Å². The molecule has 1 aliphatic heterocycles. The summed E-state index contributed by atoms with van der Waals surface area (Å²) in [6.45, 7) is 11.7. The van der Waals surface area contributed by atoms with Crippen LogP contribution in [0.25, 0.3) is 39.6 Å². The van der Waals surface area contributed by atoms with E-state index in [4.69, 9.17) is 19.4 Å². The number of amides is 1. The number of nitrogens with one attached hydrogen (secondary N) is 2. The van der Waals surface area contributed by atoms with E-state index in [-0.39, 0.29) is 12.6 Å². The number of carbonyl (C=O) groups excluding carboxylic acids is 2. The number of alkyl carbamates (subject to hydrolysis) is 1. The van der Waals surface area contributed by atoms with Gasteiger partial charge in [-0.3, -0.25) is 4.57 Å². The molecule has 9 heteroatoms. The zero-order valence-corrected chi connectivity index (χ0v) is 29.0. The number of carbonyl (C=O) groups is 2. The Morgan fingerprint density at radius 2 is 1.69 bits per heavy atom. The molecule has 0 radical (unpaired) electrons. The molecule has 1 aliphatic carbocycles. The average molecular weight is 658 g/mol. The number of ether oxygens (including phenoxy) is 2. The number of rotatable bonds is 6. The zero-order valence-electron chi connectivity index (χ0n) is 29.0. The van der Waals surface area contributed by atoms with Crippen molar-refractivity contribution >= 4 is 23.6 Å². The summed E-state index contributed by atoms with van der Waals surface area (Å²) in [6.07, 6.45) is 4.04. The largest absolute Gasteiger partial charge is 0.462 e. The first kappa shape index (κ1) is 33.5. The molecule has 1 fully saturated rings. The van der Waals surface area contributed by atoms with Gasteiger partial charge in [-0.2, -0.15) is 0 Å². The fraction of sp³-hybridized carbons (Fsp3) is 0.300. The number of benzene rings is 3. The summed E-state index contributed by atoms with van der Waals surface area (Å²) in [6, 6.07) is 27.7. The zero-order chi connectivity index (χ0) is 34.8. The first-order valence-electron chi connectivity index (χ1n) is 17.0. The minimum absolute atomic E-state index is 0.289. The van der Waals surface area contributed by atoms with E-state index in [0.717, 1.165) is 70.1 Å². The molecule has 1 saturated carbocycles. The van der Waals surface area contributed by atoms with Crippen molar-refractivity contribution in [1.29, 1.82) is 0 Å². The molecule has 0 unspecified atom stereocenters. The van der Waals surface area contributed by atoms with Crippen molar-refractivity contribution in [3.05, 3.63) is 102 Å². The topological polar surface area (TPSA) is 107 Å². The number of esters is 1. The van der Waals surface area contributed by atoms with E-state index in [0.29, 0.717) is 11.4 Å². The molecule has 3 aromatic carbocycles. The Hall–Kier alpha value is -5.44. The Bertz CT molecular complexity index is 1990. The quantitative estimate of drug-likeness (QED) is 0.172. The molecular formula is C40H43N5O4. The highest BCUT2D eigenvalue weighted by Crippen LogP contribution is 2.46. The Labute approximate surface area is 287 Å². The van der Waals surface area contributed by atoms with E-state index in [2.05, 4.69) is 39.5 Å². The maximum absolute atomic E-state index is 12.8. The van der Waals surface area contributed by atoms with Crippen LogP contribution in [0.15, 0.2) is 91.1 Å². The lowest BCUT2D eigenvalue weighted by Crippen LogP contribution is -2.52. The maximum Gasteiger partial charge on any atom is 0.408 e. The summed E-state index contributed by atoms with van der Waals surface area (Å²) in [5, 5.41) is 6.67. The fourth-order valence-corrected chi connectivity index (χ4v) is 6.36. The van der Waals surface area contributed by atoms with E-state index in [1.165, 1.54) is 0 Å². The van der Waals surface area contributed by atoms with Crippen LogP contribution in [0.2, 0.25) is 0 Å². The summed E-state index contributed by atoms with van der Waals surface area (Å²) in [7, 11) is 0. The van der Waals surface area contributed by atoms with Crippen LogP contribution >= 0.6 is 0 Å². The van der Waals surface area contributed by atoms with Crippen LogP contribution < -0.4 is 10.6 Å². The Kier molecular flexibility index (Phi) is 9.28. The van der Waals surface area contributed by atoms with Gasteiger partial charge in [-0.25, -0.2) is 19.6 Å². The third kappa shape index (κ3) is 6.53. The number of pyridine rings is 1. The summed E-state index contributed by atoms with van der Waals surface area (Å²) in [4.78, 5) is 35.6. The molecule has 7 rings (SSSR count). The normalized spacial score (nSPS) is 13.8. The van der Waals surface area contributed by atoms with Gasteiger partial charge in [0.1, 0.15) is 11.4 Å². The highest BCUT2D eigenvalue weighted by atomic mass is 16.6. The molecule has 0 atom stereocenters. The summed E-state index contributed by atoms with van der Waals surface area (Å²) in [5.41, 5.74) is 6.35. The fourth-order valence-electron chi connectivity index (χ4n) is 6.36. The third-order valence-corrected chi connectivity index (χ3v) is 8.63. The summed E-state index contributed by atoms with van der Waals surface area (Å²) in [5.74, 6) is 1.07.